The summed E-state index contributed by atoms with van der Waals surface area (Å²) in [6.45, 7) is 6.10. The maximum atomic E-state index is 11.8. The number of esters is 1. The summed E-state index contributed by atoms with van der Waals surface area (Å²) in [6.07, 6.45) is 0. The fourth-order valence-corrected chi connectivity index (χ4v) is 2.69. The molecule has 0 amide bonds. The molecule has 5 nitrogen and oxygen atoms in total. The van der Waals surface area contributed by atoms with Crippen LogP contribution < -0.4 is 11.1 Å². The molecule has 6 heteroatoms. The summed E-state index contributed by atoms with van der Waals surface area (Å²) in [5.74, 6) is -0.349. The van der Waals surface area contributed by atoms with Crippen molar-refractivity contribution in [3.05, 3.63) is 39.8 Å². The summed E-state index contributed by atoms with van der Waals surface area (Å²) >= 11 is 1.60. The van der Waals surface area contributed by atoms with Crippen molar-refractivity contribution >= 4 is 28.7 Å². The van der Waals surface area contributed by atoms with Crippen molar-refractivity contribution in [1.29, 1.82) is 0 Å². The average molecular weight is 305 g/mol. The maximum absolute atomic E-state index is 11.8. The number of hydrogen-bond acceptors (Lipinski definition) is 6. The minimum absolute atomic E-state index is 0.0171. The van der Waals surface area contributed by atoms with Gasteiger partial charge in [0.1, 0.15) is 5.01 Å². The van der Waals surface area contributed by atoms with Gasteiger partial charge in [-0.3, -0.25) is 0 Å². The molecule has 1 heterocycles. The van der Waals surface area contributed by atoms with E-state index in [1.165, 1.54) is 0 Å². The number of thiazole rings is 1. The Labute approximate surface area is 128 Å². The van der Waals surface area contributed by atoms with E-state index in [0.29, 0.717) is 23.5 Å². The first-order valence-corrected chi connectivity index (χ1v) is 7.64. The number of nitrogens with zero attached hydrogens (tertiary/aromatic N) is 1. The molecule has 112 valence electrons. The summed E-state index contributed by atoms with van der Waals surface area (Å²) in [5.41, 5.74) is 8.74. The standard InChI is InChI=1S/C15H19N3O2S/c1-4-20-15(19)11-5-6-12(16)13(7-11)18-10(3)14-17-9(2)8-21-14/h5-8,10,18H,4,16H2,1-3H3. The van der Waals surface area contributed by atoms with E-state index in [1.807, 2.05) is 19.2 Å². The quantitative estimate of drug-likeness (QED) is 0.654. The zero-order chi connectivity index (χ0) is 15.4. The van der Waals surface area contributed by atoms with Gasteiger partial charge in [-0.25, -0.2) is 9.78 Å². The van der Waals surface area contributed by atoms with Gasteiger partial charge in [0.15, 0.2) is 0 Å². The summed E-state index contributed by atoms with van der Waals surface area (Å²) in [4.78, 5) is 16.2. The fraction of sp³-hybridized carbons (Fsp3) is 0.333. The first-order valence-electron chi connectivity index (χ1n) is 6.76. The van der Waals surface area contributed by atoms with Crippen molar-refractivity contribution in [2.45, 2.75) is 26.8 Å². The number of carbonyl (C=O) groups is 1. The van der Waals surface area contributed by atoms with E-state index < -0.39 is 0 Å². The lowest BCUT2D eigenvalue weighted by molar-refractivity contribution is 0.0526. The summed E-state index contributed by atoms with van der Waals surface area (Å²) in [5, 5.41) is 6.28. The van der Waals surface area contributed by atoms with E-state index in [-0.39, 0.29) is 12.0 Å². The molecule has 2 rings (SSSR count). The molecular formula is C15H19N3O2S. The SMILES string of the molecule is CCOC(=O)c1ccc(N)c(NC(C)c2nc(C)cs2)c1. The Balaban J connectivity index is 2.19. The largest absolute Gasteiger partial charge is 0.462 e. The van der Waals surface area contributed by atoms with E-state index in [0.717, 1.165) is 10.7 Å². The number of carbonyl (C=O) groups excluding carboxylic acids is 1. The Kier molecular flexibility index (Phi) is 4.80. The molecule has 0 fully saturated rings. The van der Waals surface area contributed by atoms with Gasteiger partial charge in [-0.1, -0.05) is 0 Å². The second kappa shape index (κ2) is 6.58. The Morgan fingerprint density at radius 2 is 2.29 bits per heavy atom. The van der Waals surface area contributed by atoms with E-state index in [2.05, 4.69) is 10.3 Å². The number of benzene rings is 1. The second-order valence-corrected chi connectivity index (χ2v) is 5.61. The molecule has 1 unspecified atom stereocenters. The van der Waals surface area contributed by atoms with Crippen molar-refractivity contribution in [2.75, 3.05) is 17.7 Å². The van der Waals surface area contributed by atoms with E-state index in [9.17, 15) is 4.79 Å². The van der Waals surface area contributed by atoms with Gasteiger partial charge in [0.2, 0.25) is 0 Å². The highest BCUT2D eigenvalue weighted by molar-refractivity contribution is 7.09. The van der Waals surface area contributed by atoms with Crippen LogP contribution in [0.5, 0.6) is 0 Å². The van der Waals surface area contributed by atoms with Gasteiger partial charge in [0.05, 0.1) is 29.6 Å². The van der Waals surface area contributed by atoms with Crippen LogP contribution in [0.4, 0.5) is 11.4 Å². The van der Waals surface area contributed by atoms with E-state index in [4.69, 9.17) is 10.5 Å². The van der Waals surface area contributed by atoms with Crippen LogP contribution in [0.25, 0.3) is 0 Å². The highest BCUT2D eigenvalue weighted by atomic mass is 32.1. The smallest absolute Gasteiger partial charge is 0.338 e. The molecule has 0 saturated carbocycles. The van der Waals surface area contributed by atoms with Crippen LogP contribution in [0.15, 0.2) is 23.6 Å². The maximum Gasteiger partial charge on any atom is 0.338 e. The van der Waals surface area contributed by atoms with Gasteiger partial charge < -0.3 is 15.8 Å². The van der Waals surface area contributed by atoms with Gasteiger partial charge in [-0.15, -0.1) is 11.3 Å². The lowest BCUT2D eigenvalue weighted by atomic mass is 10.1. The molecule has 1 aromatic carbocycles. The van der Waals surface area contributed by atoms with Gasteiger partial charge >= 0.3 is 5.97 Å². The van der Waals surface area contributed by atoms with Gasteiger partial charge in [0.25, 0.3) is 0 Å². The van der Waals surface area contributed by atoms with Crippen LogP contribution in [-0.4, -0.2) is 17.6 Å². The number of anilines is 2. The number of aromatic nitrogens is 1. The summed E-state index contributed by atoms with van der Waals surface area (Å²) in [7, 11) is 0. The normalized spacial score (nSPS) is 12.0. The Hall–Kier alpha value is -2.08. The lowest BCUT2D eigenvalue weighted by Gasteiger charge is -2.15. The van der Waals surface area contributed by atoms with E-state index >= 15 is 0 Å². The van der Waals surface area contributed by atoms with Crippen molar-refractivity contribution in [3.63, 3.8) is 0 Å². The molecule has 0 bridgehead atoms. The monoisotopic (exact) mass is 305 g/mol. The Morgan fingerprint density at radius 3 is 2.90 bits per heavy atom. The Morgan fingerprint density at radius 1 is 1.52 bits per heavy atom. The molecule has 21 heavy (non-hydrogen) atoms. The second-order valence-electron chi connectivity index (χ2n) is 4.72. The van der Waals surface area contributed by atoms with Crippen LogP contribution >= 0.6 is 11.3 Å². The highest BCUT2D eigenvalue weighted by Gasteiger charge is 2.13. The van der Waals surface area contributed by atoms with Gasteiger partial charge in [-0.05, 0) is 39.0 Å². The van der Waals surface area contributed by atoms with Crippen molar-refractivity contribution < 1.29 is 9.53 Å². The number of ether oxygens (including phenoxy) is 1. The molecule has 2 aromatic rings. The predicted octanol–water partition coefficient (Wildman–Crippen LogP) is 3.38. The molecule has 0 saturated heterocycles. The number of rotatable bonds is 5. The lowest BCUT2D eigenvalue weighted by Crippen LogP contribution is -2.10. The molecule has 0 spiro atoms. The number of nitrogen functional groups attached to an aromatic ring is 1. The molecule has 1 atom stereocenters. The van der Waals surface area contributed by atoms with Crippen LogP contribution in [-0.2, 0) is 4.74 Å². The summed E-state index contributed by atoms with van der Waals surface area (Å²) < 4.78 is 5.00. The third kappa shape index (κ3) is 3.72. The number of nitrogens with two attached hydrogens (primary N) is 1. The van der Waals surface area contributed by atoms with E-state index in [1.54, 1.807) is 36.5 Å². The zero-order valence-electron chi connectivity index (χ0n) is 12.3. The van der Waals surface area contributed by atoms with Crippen molar-refractivity contribution in [2.24, 2.45) is 0 Å². The van der Waals surface area contributed by atoms with Crippen LogP contribution in [0, 0.1) is 6.92 Å². The molecule has 3 N–H and O–H groups in total. The van der Waals surface area contributed by atoms with Gasteiger partial charge in [-0.2, -0.15) is 0 Å². The minimum Gasteiger partial charge on any atom is -0.462 e. The molecule has 0 aliphatic carbocycles. The van der Waals surface area contributed by atoms with Crippen LogP contribution in [0.1, 0.15) is 40.9 Å². The molecule has 0 aliphatic rings. The molecule has 0 radical (unpaired) electrons. The first kappa shape index (κ1) is 15.3. The van der Waals surface area contributed by atoms with Gasteiger partial charge in [0, 0.05) is 11.1 Å². The molecule has 0 aliphatic heterocycles. The molecular weight excluding hydrogens is 286 g/mol. The summed E-state index contributed by atoms with van der Waals surface area (Å²) in [6, 6.07) is 5.10. The average Bonchev–Trinajstić information content (AvgIpc) is 2.88. The minimum atomic E-state index is -0.349. The van der Waals surface area contributed by atoms with Crippen molar-refractivity contribution in [1.82, 2.24) is 4.98 Å². The van der Waals surface area contributed by atoms with Crippen LogP contribution in [0.2, 0.25) is 0 Å². The highest BCUT2D eigenvalue weighted by Crippen LogP contribution is 2.27. The number of hydrogen-bond donors (Lipinski definition) is 2. The molecule has 1 aromatic heterocycles. The predicted molar refractivity (Wildman–Crippen MR) is 85.7 cm³/mol. The van der Waals surface area contributed by atoms with Crippen LogP contribution in [0.3, 0.4) is 0 Å². The fourth-order valence-electron chi connectivity index (χ4n) is 1.89. The number of nitrogens with one attached hydrogen (secondary N) is 1. The van der Waals surface area contributed by atoms with Crippen molar-refractivity contribution in [3.8, 4) is 0 Å². The first-order chi connectivity index (χ1) is 10.0. The zero-order valence-corrected chi connectivity index (χ0v) is 13.2. The third-order valence-corrected chi connectivity index (χ3v) is 4.09. The number of aryl methyl sites for hydroxylation is 1. The third-order valence-electron chi connectivity index (χ3n) is 2.94. The Bertz CT molecular complexity index is 640. The topological polar surface area (TPSA) is 77.2 Å².